The highest BCUT2D eigenvalue weighted by Crippen LogP contribution is 2.22. The molecule has 7 heteroatoms. The van der Waals surface area contributed by atoms with Gasteiger partial charge >= 0.3 is 5.97 Å². The van der Waals surface area contributed by atoms with Crippen LogP contribution in [0.25, 0.3) is 11.5 Å². The highest BCUT2D eigenvalue weighted by molar-refractivity contribution is 5.95. The molecule has 2 aromatic heterocycles. The molecule has 0 saturated carbocycles. The summed E-state index contributed by atoms with van der Waals surface area (Å²) in [5.74, 6) is -0.911. The van der Waals surface area contributed by atoms with E-state index in [1.165, 1.54) is 12.3 Å². The molecule has 1 atom stereocenters. The van der Waals surface area contributed by atoms with E-state index in [-0.39, 0.29) is 11.1 Å². The Balaban J connectivity index is 2.03. The second kappa shape index (κ2) is 6.68. The van der Waals surface area contributed by atoms with E-state index in [4.69, 9.17) is 8.94 Å². The molecule has 1 amide bonds. The van der Waals surface area contributed by atoms with Crippen LogP contribution in [0.1, 0.15) is 44.1 Å². The van der Waals surface area contributed by atoms with E-state index in [9.17, 15) is 14.7 Å². The van der Waals surface area contributed by atoms with Crippen LogP contribution in [-0.2, 0) is 4.79 Å². The molecule has 1 unspecified atom stereocenters. The number of furan rings is 1. The number of hydrogen-bond acceptors (Lipinski definition) is 5. The number of aromatic nitrogens is 1. The summed E-state index contributed by atoms with van der Waals surface area (Å²) in [4.78, 5) is 23.4. The smallest absolute Gasteiger partial charge is 0.326 e. The SMILES string of the molecule is CC(C)(C)CCC(NC(=O)c1cc(-c2ccco2)on1)C(=O)O. The number of carboxylic acids is 1. The third-order valence-electron chi connectivity index (χ3n) is 3.29. The third-order valence-corrected chi connectivity index (χ3v) is 3.29. The molecule has 2 aromatic rings. The summed E-state index contributed by atoms with van der Waals surface area (Å²) in [7, 11) is 0. The lowest BCUT2D eigenvalue weighted by Gasteiger charge is -2.21. The van der Waals surface area contributed by atoms with Crippen LogP contribution in [0, 0.1) is 5.41 Å². The molecule has 2 heterocycles. The molecular formula is C16H20N2O5. The average Bonchev–Trinajstić information content (AvgIpc) is 3.11. The molecule has 0 bridgehead atoms. The molecule has 0 fully saturated rings. The molecule has 0 saturated heterocycles. The lowest BCUT2D eigenvalue weighted by atomic mass is 9.88. The number of aliphatic carboxylic acids is 1. The Morgan fingerprint density at radius 2 is 2.09 bits per heavy atom. The second-order valence-electron chi connectivity index (χ2n) is 6.52. The molecule has 23 heavy (non-hydrogen) atoms. The predicted octanol–water partition coefficient (Wildman–Crippen LogP) is 2.94. The summed E-state index contributed by atoms with van der Waals surface area (Å²) in [5, 5.41) is 15.4. The van der Waals surface area contributed by atoms with Crippen LogP contribution in [0.15, 0.2) is 33.4 Å². The standard InChI is InChI=1S/C16H20N2O5/c1-16(2,3)7-6-10(15(20)21)17-14(19)11-9-13(23-18-11)12-5-4-8-22-12/h4-5,8-10H,6-7H2,1-3H3,(H,17,19)(H,20,21). The fourth-order valence-electron chi connectivity index (χ4n) is 1.98. The van der Waals surface area contributed by atoms with Gasteiger partial charge in [0, 0.05) is 6.07 Å². The van der Waals surface area contributed by atoms with Crippen molar-refractivity contribution in [3.8, 4) is 11.5 Å². The monoisotopic (exact) mass is 320 g/mol. The van der Waals surface area contributed by atoms with Crippen LogP contribution in [0.5, 0.6) is 0 Å². The molecule has 0 aromatic carbocycles. The zero-order valence-electron chi connectivity index (χ0n) is 13.3. The number of nitrogens with zero attached hydrogens (tertiary/aromatic N) is 1. The van der Waals surface area contributed by atoms with Crippen LogP contribution in [0.2, 0.25) is 0 Å². The van der Waals surface area contributed by atoms with Gasteiger partial charge in [0.1, 0.15) is 6.04 Å². The van der Waals surface area contributed by atoms with Gasteiger partial charge in [0.25, 0.3) is 5.91 Å². The highest BCUT2D eigenvalue weighted by Gasteiger charge is 2.25. The number of hydrogen-bond donors (Lipinski definition) is 2. The van der Waals surface area contributed by atoms with E-state index in [1.807, 2.05) is 20.8 Å². The van der Waals surface area contributed by atoms with E-state index in [1.54, 1.807) is 12.1 Å². The zero-order valence-corrected chi connectivity index (χ0v) is 13.3. The third kappa shape index (κ3) is 4.70. The molecule has 124 valence electrons. The minimum atomic E-state index is -1.07. The minimum absolute atomic E-state index is 0.0124. The van der Waals surface area contributed by atoms with Crippen molar-refractivity contribution in [3.05, 3.63) is 30.2 Å². The van der Waals surface area contributed by atoms with Gasteiger partial charge in [-0.25, -0.2) is 4.79 Å². The quantitative estimate of drug-likeness (QED) is 0.847. The summed E-state index contributed by atoms with van der Waals surface area (Å²) < 4.78 is 10.2. The number of carbonyl (C=O) groups excluding carboxylic acids is 1. The molecule has 0 aliphatic heterocycles. The van der Waals surface area contributed by atoms with Crippen molar-refractivity contribution in [1.29, 1.82) is 0 Å². The summed E-state index contributed by atoms with van der Waals surface area (Å²) in [6, 6.07) is 3.80. The Labute approximate surface area is 133 Å². The first-order valence-electron chi connectivity index (χ1n) is 7.30. The summed E-state index contributed by atoms with van der Waals surface area (Å²) >= 11 is 0. The highest BCUT2D eigenvalue weighted by atomic mass is 16.5. The second-order valence-corrected chi connectivity index (χ2v) is 6.52. The predicted molar refractivity (Wildman–Crippen MR) is 81.8 cm³/mol. The number of carbonyl (C=O) groups is 2. The maximum absolute atomic E-state index is 12.1. The van der Waals surface area contributed by atoms with Crippen molar-refractivity contribution in [1.82, 2.24) is 10.5 Å². The molecular weight excluding hydrogens is 300 g/mol. The lowest BCUT2D eigenvalue weighted by Crippen LogP contribution is -2.41. The lowest BCUT2D eigenvalue weighted by molar-refractivity contribution is -0.139. The van der Waals surface area contributed by atoms with Gasteiger partial charge in [0.15, 0.2) is 11.5 Å². The van der Waals surface area contributed by atoms with Gasteiger partial charge < -0.3 is 19.4 Å². The van der Waals surface area contributed by atoms with Gasteiger partial charge in [-0.15, -0.1) is 0 Å². The molecule has 7 nitrogen and oxygen atoms in total. The fourth-order valence-corrected chi connectivity index (χ4v) is 1.98. The summed E-state index contributed by atoms with van der Waals surface area (Å²) in [5.41, 5.74) is -0.00269. The van der Waals surface area contributed by atoms with Gasteiger partial charge in [-0.1, -0.05) is 25.9 Å². The zero-order chi connectivity index (χ0) is 17.0. The van der Waals surface area contributed by atoms with Crippen LogP contribution < -0.4 is 5.32 Å². The van der Waals surface area contributed by atoms with Crippen molar-refractivity contribution in [2.75, 3.05) is 0 Å². The van der Waals surface area contributed by atoms with Crippen LogP contribution in [0.3, 0.4) is 0 Å². The average molecular weight is 320 g/mol. The van der Waals surface area contributed by atoms with Gasteiger partial charge in [-0.3, -0.25) is 4.79 Å². The first kappa shape index (κ1) is 16.8. The van der Waals surface area contributed by atoms with Gasteiger partial charge in [0.2, 0.25) is 5.76 Å². The Kier molecular flexibility index (Phi) is 4.88. The molecule has 0 spiro atoms. The topological polar surface area (TPSA) is 106 Å². The van der Waals surface area contributed by atoms with Gasteiger partial charge in [-0.05, 0) is 30.4 Å². The van der Waals surface area contributed by atoms with Crippen molar-refractivity contribution in [3.63, 3.8) is 0 Å². The Morgan fingerprint density at radius 3 is 2.65 bits per heavy atom. The van der Waals surface area contributed by atoms with Gasteiger partial charge in [-0.2, -0.15) is 0 Å². The Morgan fingerprint density at radius 1 is 1.35 bits per heavy atom. The van der Waals surface area contributed by atoms with Crippen molar-refractivity contribution in [2.45, 2.75) is 39.7 Å². The summed E-state index contributed by atoms with van der Waals surface area (Å²) in [6.07, 6.45) is 2.48. The van der Waals surface area contributed by atoms with E-state index in [0.717, 1.165) is 0 Å². The summed E-state index contributed by atoms with van der Waals surface area (Å²) in [6.45, 7) is 6.04. The number of amides is 1. The molecule has 0 aliphatic carbocycles. The van der Waals surface area contributed by atoms with Crippen molar-refractivity contribution >= 4 is 11.9 Å². The van der Waals surface area contributed by atoms with E-state index < -0.39 is 17.9 Å². The van der Waals surface area contributed by atoms with Crippen LogP contribution >= 0.6 is 0 Å². The van der Waals surface area contributed by atoms with Crippen LogP contribution in [0.4, 0.5) is 0 Å². The first-order valence-corrected chi connectivity index (χ1v) is 7.30. The van der Waals surface area contributed by atoms with Crippen molar-refractivity contribution < 1.29 is 23.6 Å². The first-order chi connectivity index (χ1) is 10.8. The molecule has 2 N–H and O–H groups in total. The Hall–Kier alpha value is -2.57. The Bertz CT molecular complexity index is 667. The van der Waals surface area contributed by atoms with Gasteiger partial charge in [0.05, 0.1) is 6.26 Å². The van der Waals surface area contributed by atoms with E-state index in [0.29, 0.717) is 24.4 Å². The number of nitrogens with one attached hydrogen (secondary N) is 1. The molecule has 0 radical (unpaired) electrons. The number of rotatable bonds is 6. The maximum atomic E-state index is 12.1. The fraction of sp³-hybridized carbons (Fsp3) is 0.438. The normalized spacial score (nSPS) is 12.8. The van der Waals surface area contributed by atoms with E-state index in [2.05, 4.69) is 10.5 Å². The minimum Gasteiger partial charge on any atom is -0.480 e. The van der Waals surface area contributed by atoms with E-state index >= 15 is 0 Å². The van der Waals surface area contributed by atoms with Crippen molar-refractivity contribution in [2.24, 2.45) is 5.41 Å². The maximum Gasteiger partial charge on any atom is 0.326 e. The molecule has 2 rings (SSSR count). The largest absolute Gasteiger partial charge is 0.480 e. The number of carboxylic acid groups (broad SMARTS) is 1. The molecule has 0 aliphatic rings. The van der Waals surface area contributed by atoms with Crippen LogP contribution in [-0.4, -0.2) is 28.2 Å².